The summed E-state index contributed by atoms with van der Waals surface area (Å²) in [5.74, 6) is 5.68. The van der Waals surface area contributed by atoms with Gasteiger partial charge < -0.3 is 4.74 Å². The Bertz CT molecular complexity index is 520. The third-order valence-electron chi connectivity index (χ3n) is 2.87. The number of benzene rings is 1. The lowest BCUT2D eigenvalue weighted by atomic mass is 10.0. The van der Waals surface area contributed by atoms with E-state index in [2.05, 4.69) is 15.1 Å². The number of hydrazine groups is 1. The van der Waals surface area contributed by atoms with Crippen LogP contribution in [-0.4, -0.2) is 11.6 Å². The van der Waals surface area contributed by atoms with Gasteiger partial charge in [-0.2, -0.15) is 8.78 Å². The Kier molecular flexibility index (Phi) is 4.97. The Hall–Kier alpha value is -2.05. The molecule has 0 fully saturated rings. The quantitative estimate of drug-likeness (QED) is 0.630. The number of rotatable bonds is 6. The molecule has 1 atom stereocenters. The maximum Gasteiger partial charge on any atom is 0.387 e. The highest BCUT2D eigenvalue weighted by atomic mass is 19.3. The minimum absolute atomic E-state index is 0.125. The van der Waals surface area contributed by atoms with Crippen LogP contribution in [0.2, 0.25) is 0 Å². The molecule has 1 unspecified atom stereocenters. The molecule has 6 heteroatoms. The van der Waals surface area contributed by atoms with Gasteiger partial charge in [-0.05, 0) is 35.7 Å². The van der Waals surface area contributed by atoms with Crippen LogP contribution in [0.15, 0.2) is 48.8 Å². The molecule has 3 N–H and O–H groups in total. The van der Waals surface area contributed by atoms with Gasteiger partial charge in [-0.3, -0.25) is 16.3 Å². The van der Waals surface area contributed by atoms with Crippen molar-refractivity contribution in [2.75, 3.05) is 0 Å². The van der Waals surface area contributed by atoms with E-state index in [0.717, 1.165) is 11.1 Å². The first-order chi connectivity index (χ1) is 9.69. The zero-order valence-corrected chi connectivity index (χ0v) is 10.7. The second kappa shape index (κ2) is 6.93. The second-order valence-electron chi connectivity index (χ2n) is 4.23. The first kappa shape index (κ1) is 14.4. The summed E-state index contributed by atoms with van der Waals surface area (Å²) in [4.78, 5) is 4.04. The van der Waals surface area contributed by atoms with Crippen molar-refractivity contribution in [1.82, 2.24) is 10.4 Å². The van der Waals surface area contributed by atoms with E-state index in [9.17, 15) is 8.78 Å². The number of nitrogens with zero attached hydrogens (tertiary/aromatic N) is 1. The average Bonchev–Trinajstić information content (AvgIpc) is 2.46. The number of nitrogens with two attached hydrogens (primary N) is 1. The Morgan fingerprint density at radius 2 is 1.95 bits per heavy atom. The minimum Gasteiger partial charge on any atom is -0.435 e. The zero-order valence-electron chi connectivity index (χ0n) is 10.7. The number of halogens is 2. The Balaban J connectivity index is 2.07. The predicted molar refractivity (Wildman–Crippen MR) is 71.1 cm³/mol. The summed E-state index contributed by atoms with van der Waals surface area (Å²) in [5.41, 5.74) is 4.63. The zero-order chi connectivity index (χ0) is 14.4. The molecule has 0 saturated heterocycles. The third kappa shape index (κ3) is 3.97. The van der Waals surface area contributed by atoms with Gasteiger partial charge in [0, 0.05) is 12.4 Å². The van der Waals surface area contributed by atoms with E-state index in [-0.39, 0.29) is 11.8 Å². The minimum atomic E-state index is -2.82. The molecule has 0 aliphatic rings. The van der Waals surface area contributed by atoms with E-state index in [1.54, 1.807) is 24.5 Å². The molecule has 2 rings (SSSR count). The van der Waals surface area contributed by atoms with Crippen LogP contribution in [0.3, 0.4) is 0 Å². The summed E-state index contributed by atoms with van der Waals surface area (Å²) in [6.07, 6.45) is 4.11. The second-order valence-corrected chi connectivity index (χ2v) is 4.23. The molecule has 4 nitrogen and oxygen atoms in total. The summed E-state index contributed by atoms with van der Waals surface area (Å²) >= 11 is 0. The first-order valence-electron chi connectivity index (χ1n) is 6.09. The molecule has 0 saturated carbocycles. The lowest BCUT2D eigenvalue weighted by molar-refractivity contribution is -0.0498. The van der Waals surface area contributed by atoms with Gasteiger partial charge in [-0.25, -0.2) is 0 Å². The maximum absolute atomic E-state index is 12.1. The average molecular weight is 279 g/mol. The van der Waals surface area contributed by atoms with Gasteiger partial charge in [0.15, 0.2) is 0 Å². The molecule has 0 radical (unpaired) electrons. The van der Waals surface area contributed by atoms with Gasteiger partial charge in [-0.1, -0.05) is 18.2 Å². The van der Waals surface area contributed by atoms with Gasteiger partial charge in [0.1, 0.15) is 5.75 Å². The molecule has 106 valence electrons. The molecule has 0 aliphatic heterocycles. The molecule has 0 spiro atoms. The van der Waals surface area contributed by atoms with Crippen LogP contribution >= 0.6 is 0 Å². The normalized spacial score (nSPS) is 12.4. The monoisotopic (exact) mass is 279 g/mol. The fourth-order valence-corrected chi connectivity index (χ4v) is 1.91. The number of hydrogen-bond acceptors (Lipinski definition) is 4. The molecule has 0 bridgehead atoms. The topological polar surface area (TPSA) is 60.2 Å². The van der Waals surface area contributed by atoms with Crippen LogP contribution in [0.4, 0.5) is 8.78 Å². The Labute approximate surface area is 115 Å². The Morgan fingerprint density at radius 1 is 1.20 bits per heavy atom. The maximum atomic E-state index is 12.1. The van der Waals surface area contributed by atoms with Gasteiger partial charge in [0.05, 0.1) is 6.04 Å². The summed E-state index contributed by atoms with van der Waals surface area (Å²) in [7, 11) is 0. The first-order valence-corrected chi connectivity index (χ1v) is 6.09. The Morgan fingerprint density at radius 3 is 2.50 bits per heavy atom. The molecular weight excluding hydrogens is 264 g/mol. The fourth-order valence-electron chi connectivity index (χ4n) is 1.91. The molecule has 1 aromatic heterocycles. The van der Waals surface area contributed by atoms with Crippen LogP contribution in [0, 0.1) is 0 Å². The molecule has 20 heavy (non-hydrogen) atoms. The number of alkyl halides is 2. The molecule has 2 aromatic rings. The van der Waals surface area contributed by atoms with Crippen molar-refractivity contribution >= 4 is 0 Å². The summed E-state index contributed by atoms with van der Waals surface area (Å²) in [5, 5.41) is 0. The van der Waals surface area contributed by atoms with Crippen molar-refractivity contribution in [2.45, 2.75) is 19.1 Å². The number of nitrogens with one attached hydrogen (secondary N) is 1. The summed E-state index contributed by atoms with van der Waals surface area (Å²) in [6, 6.07) is 10.1. The van der Waals surface area contributed by atoms with Gasteiger partial charge in [0.25, 0.3) is 0 Å². The largest absolute Gasteiger partial charge is 0.435 e. The molecule has 1 aromatic carbocycles. The fraction of sp³-hybridized carbons (Fsp3) is 0.214. The lowest BCUT2D eigenvalue weighted by Gasteiger charge is -2.16. The smallest absolute Gasteiger partial charge is 0.387 e. The van der Waals surface area contributed by atoms with Crippen LogP contribution in [0.5, 0.6) is 5.75 Å². The highest BCUT2D eigenvalue weighted by Gasteiger charge is 2.11. The summed E-state index contributed by atoms with van der Waals surface area (Å²) < 4.78 is 28.4. The van der Waals surface area contributed by atoms with E-state index in [4.69, 9.17) is 5.84 Å². The highest BCUT2D eigenvalue weighted by Crippen LogP contribution is 2.21. The third-order valence-corrected chi connectivity index (χ3v) is 2.87. The van der Waals surface area contributed by atoms with E-state index < -0.39 is 6.61 Å². The number of hydrogen-bond donors (Lipinski definition) is 2. The van der Waals surface area contributed by atoms with Crippen LogP contribution in [0.1, 0.15) is 17.2 Å². The van der Waals surface area contributed by atoms with Gasteiger partial charge in [0.2, 0.25) is 0 Å². The van der Waals surface area contributed by atoms with E-state index in [0.29, 0.717) is 6.42 Å². The van der Waals surface area contributed by atoms with E-state index in [1.165, 1.54) is 12.1 Å². The van der Waals surface area contributed by atoms with Crippen LogP contribution < -0.4 is 16.0 Å². The van der Waals surface area contributed by atoms with Crippen molar-refractivity contribution in [1.29, 1.82) is 0 Å². The molecule has 0 aliphatic carbocycles. The van der Waals surface area contributed by atoms with Gasteiger partial charge in [-0.15, -0.1) is 0 Å². The number of pyridine rings is 1. The lowest BCUT2D eigenvalue weighted by Crippen LogP contribution is -2.29. The van der Waals surface area contributed by atoms with Crippen LogP contribution in [0.25, 0.3) is 0 Å². The SMILES string of the molecule is NNC(Cc1cccnc1)c1ccc(OC(F)F)cc1. The van der Waals surface area contributed by atoms with Crippen LogP contribution in [-0.2, 0) is 6.42 Å². The molecular formula is C14H15F2N3O. The molecule has 1 heterocycles. The van der Waals surface area contributed by atoms with Crippen molar-refractivity contribution in [2.24, 2.45) is 5.84 Å². The predicted octanol–water partition coefficient (Wildman–Crippen LogP) is 2.43. The van der Waals surface area contributed by atoms with Gasteiger partial charge >= 0.3 is 6.61 Å². The van der Waals surface area contributed by atoms with E-state index >= 15 is 0 Å². The van der Waals surface area contributed by atoms with E-state index in [1.807, 2.05) is 12.1 Å². The van der Waals surface area contributed by atoms with Crippen molar-refractivity contribution in [3.8, 4) is 5.75 Å². The van der Waals surface area contributed by atoms with Crippen molar-refractivity contribution < 1.29 is 13.5 Å². The summed E-state index contributed by atoms with van der Waals surface area (Å²) in [6.45, 7) is -2.82. The number of aromatic nitrogens is 1. The van der Waals surface area contributed by atoms with Crippen molar-refractivity contribution in [3.05, 3.63) is 59.9 Å². The molecule has 0 amide bonds. The highest BCUT2D eigenvalue weighted by molar-refractivity contribution is 5.30. The van der Waals surface area contributed by atoms with Crippen molar-refractivity contribution in [3.63, 3.8) is 0 Å². The number of ether oxygens (including phenoxy) is 1. The standard InChI is InChI=1S/C14H15F2N3O/c15-14(16)20-12-5-3-11(4-6-12)13(19-17)8-10-2-1-7-18-9-10/h1-7,9,13-14,19H,8,17H2.